The van der Waals surface area contributed by atoms with Gasteiger partial charge in [-0.25, -0.2) is 9.37 Å². The molecule has 1 amide bonds. The molecule has 0 saturated heterocycles. The van der Waals surface area contributed by atoms with E-state index in [4.69, 9.17) is 4.42 Å². The maximum atomic E-state index is 12.8. The molecule has 0 fully saturated rings. The summed E-state index contributed by atoms with van der Waals surface area (Å²) in [4.78, 5) is 16.2. The van der Waals surface area contributed by atoms with E-state index in [1.165, 1.54) is 30.5 Å². The van der Waals surface area contributed by atoms with Crippen LogP contribution in [0, 0.1) is 5.82 Å². The van der Waals surface area contributed by atoms with Crippen molar-refractivity contribution < 1.29 is 13.6 Å². The van der Waals surface area contributed by atoms with Gasteiger partial charge in [-0.05, 0) is 36.4 Å². The van der Waals surface area contributed by atoms with Crippen molar-refractivity contribution in [3.05, 3.63) is 72.4 Å². The lowest BCUT2D eigenvalue weighted by Crippen LogP contribution is -2.14. The molecule has 3 rings (SSSR count). The average Bonchev–Trinajstić information content (AvgIpc) is 2.99. The normalized spacial score (nSPS) is 10.4. The number of oxazole rings is 1. The van der Waals surface area contributed by atoms with Crippen LogP contribution in [0.2, 0.25) is 0 Å². The zero-order valence-electron chi connectivity index (χ0n) is 11.6. The van der Waals surface area contributed by atoms with Gasteiger partial charge in [-0.2, -0.15) is 0 Å². The topological polar surface area (TPSA) is 55.1 Å². The zero-order chi connectivity index (χ0) is 15.4. The van der Waals surface area contributed by atoms with Gasteiger partial charge >= 0.3 is 0 Å². The third kappa shape index (κ3) is 3.38. The number of aromatic nitrogens is 1. The molecule has 0 bridgehead atoms. The first-order valence-electron chi connectivity index (χ1n) is 6.76. The third-order valence-electron chi connectivity index (χ3n) is 3.04. The van der Waals surface area contributed by atoms with Crippen LogP contribution >= 0.6 is 0 Å². The Labute approximate surface area is 126 Å². The molecule has 3 aromatic rings. The molecule has 0 saturated carbocycles. The van der Waals surface area contributed by atoms with Crippen molar-refractivity contribution >= 4 is 11.6 Å². The summed E-state index contributed by atoms with van der Waals surface area (Å²) < 4.78 is 18.2. The summed E-state index contributed by atoms with van der Waals surface area (Å²) >= 11 is 0. The lowest BCUT2D eigenvalue weighted by atomic mass is 10.2. The maximum absolute atomic E-state index is 12.8. The summed E-state index contributed by atoms with van der Waals surface area (Å²) in [6.45, 7) is 0. The van der Waals surface area contributed by atoms with Crippen molar-refractivity contribution in [3.8, 4) is 11.5 Å². The molecule has 1 N–H and O–H groups in total. The van der Waals surface area contributed by atoms with Gasteiger partial charge in [0.25, 0.3) is 0 Å². The van der Waals surface area contributed by atoms with Crippen LogP contribution in [0.15, 0.2) is 65.3 Å². The minimum Gasteiger partial charge on any atom is -0.444 e. The van der Waals surface area contributed by atoms with E-state index in [1.54, 1.807) is 0 Å². The first-order valence-corrected chi connectivity index (χ1v) is 6.76. The highest BCUT2D eigenvalue weighted by Crippen LogP contribution is 2.18. The monoisotopic (exact) mass is 296 g/mol. The summed E-state index contributed by atoms with van der Waals surface area (Å²) in [7, 11) is 0. The van der Waals surface area contributed by atoms with Gasteiger partial charge in [0.1, 0.15) is 12.1 Å². The van der Waals surface area contributed by atoms with Crippen LogP contribution in [0.4, 0.5) is 10.1 Å². The molecule has 0 atom stereocenters. The van der Waals surface area contributed by atoms with Gasteiger partial charge in [-0.15, -0.1) is 0 Å². The highest BCUT2D eigenvalue weighted by molar-refractivity contribution is 5.91. The summed E-state index contributed by atoms with van der Waals surface area (Å²) in [6.07, 6.45) is 1.56. The summed E-state index contributed by atoms with van der Waals surface area (Å²) in [6, 6.07) is 15.0. The largest absolute Gasteiger partial charge is 0.444 e. The van der Waals surface area contributed by atoms with E-state index in [9.17, 15) is 9.18 Å². The van der Waals surface area contributed by atoms with Crippen molar-refractivity contribution in [2.45, 2.75) is 6.42 Å². The van der Waals surface area contributed by atoms with Crippen LogP contribution in [0.1, 0.15) is 5.69 Å². The van der Waals surface area contributed by atoms with Crippen LogP contribution in [-0.4, -0.2) is 10.9 Å². The van der Waals surface area contributed by atoms with E-state index < -0.39 is 0 Å². The number of anilines is 1. The van der Waals surface area contributed by atoms with Crippen molar-refractivity contribution in [2.75, 3.05) is 5.32 Å². The molecule has 0 radical (unpaired) electrons. The predicted octanol–water partition coefficient (Wildman–Crippen LogP) is 3.66. The average molecular weight is 296 g/mol. The van der Waals surface area contributed by atoms with E-state index in [0.717, 1.165) is 5.56 Å². The highest BCUT2D eigenvalue weighted by atomic mass is 19.1. The van der Waals surface area contributed by atoms with Gasteiger partial charge < -0.3 is 9.73 Å². The highest BCUT2D eigenvalue weighted by Gasteiger charge is 2.10. The molecular weight excluding hydrogens is 283 g/mol. The molecule has 2 aromatic carbocycles. The molecule has 0 aliphatic heterocycles. The molecule has 110 valence electrons. The van der Waals surface area contributed by atoms with E-state index >= 15 is 0 Å². The van der Waals surface area contributed by atoms with Gasteiger partial charge in [0.15, 0.2) is 0 Å². The Morgan fingerprint density at radius 2 is 1.82 bits per heavy atom. The summed E-state index contributed by atoms with van der Waals surface area (Å²) in [5.74, 6) is -0.105. The number of hydrogen-bond acceptors (Lipinski definition) is 3. The second-order valence-corrected chi connectivity index (χ2v) is 4.74. The van der Waals surface area contributed by atoms with Gasteiger partial charge in [-0.1, -0.05) is 18.2 Å². The fourth-order valence-corrected chi connectivity index (χ4v) is 2.00. The second kappa shape index (κ2) is 6.22. The molecule has 22 heavy (non-hydrogen) atoms. The second-order valence-electron chi connectivity index (χ2n) is 4.74. The quantitative estimate of drug-likeness (QED) is 0.799. The van der Waals surface area contributed by atoms with E-state index in [0.29, 0.717) is 17.3 Å². The van der Waals surface area contributed by atoms with Gasteiger partial charge in [0.05, 0.1) is 12.1 Å². The van der Waals surface area contributed by atoms with Crippen LogP contribution < -0.4 is 5.32 Å². The van der Waals surface area contributed by atoms with Crippen molar-refractivity contribution in [1.29, 1.82) is 0 Å². The Kier molecular flexibility index (Phi) is 3.96. The summed E-state index contributed by atoms with van der Waals surface area (Å²) in [5.41, 5.74) is 1.93. The van der Waals surface area contributed by atoms with E-state index in [2.05, 4.69) is 10.3 Å². The number of rotatable bonds is 4. The molecule has 1 heterocycles. The third-order valence-corrected chi connectivity index (χ3v) is 3.04. The molecule has 0 aliphatic carbocycles. The van der Waals surface area contributed by atoms with E-state index in [1.807, 2.05) is 30.3 Å². The fourth-order valence-electron chi connectivity index (χ4n) is 2.00. The standard InChI is InChI=1S/C17H13FN2O2/c18-13-6-8-14(9-7-13)19-16(21)10-15-11-22-17(20-15)12-4-2-1-3-5-12/h1-9,11H,10H2,(H,19,21). The number of carbonyl (C=O) groups excluding carboxylic acids is 1. The first-order chi connectivity index (χ1) is 10.7. The molecule has 0 aliphatic rings. The number of benzene rings is 2. The first kappa shape index (κ1) is 14.0. The Bertz CT molecular complexity index is 767. The van der Waals surface area contributed by atoms with Crippen LogP contribution in [0.25, 0.3) is 11.5 Å². The van der Waals surface area contributed by atoms with E-state index in [-0.39, 0.29) is 18.1 Å². The Morgan fingerprint density at radius 3 is 2.55 bits per heavy atom. The molecule has 1 aromatic heterocycles. The number of hydrogen-bond donors (Lipinski definition) is 1. The maximum Gasteiger partial charge on any atom is 0.230 e. The Morgan fingerprint density at radius 1 is 1.09 bits per heavy atom. The van der Waals surface area contributed by atoms with Gasteiger partial charge in [0, 0.05) is 11.3 Å². The number of nitrogens with zero attached hydrogens (tertiary/aromatic N) is 1. The molecule has 0 unspecified atom stereocenters. The Balaban J connectivity index is 1.65. The molecule has 4 nitrogen and oxygen atoms in total. The minimum absolute atomic E-state index is 0.0910. The molecule has 5 heteroatoms. The summed E-state index contributed by atoms with van der Waals surface area (Å²) in [5, 5.41) is 2.68. The number of carbonyl (C=O) groups is 1. The van der Waals surface area contributed by atoms with Gasteiger partial charge in [-0.3, -0.25) is 4.79 Å². The predicted molar refractivity (Wildman–Crippen MR) is 80.7 cm³/mol. The SMILES string of the molecule is O=C(Cc1coc(-c2ccccc2)n1)Nc1ccc(F)cc1. The number of nitrogens with one attached hydrogen (secondary N) is 1. The molecule has 0 spiro atoms. The smallest absolute Gasteiger partial charge is 0.230 e. The van der Waals surface area contributed by atoms with Crippen LogP contribution in [0.3, 0.4) is 0 Å². The number of halogens is 1. The number of amides is 1. The van der Waals surface area contributed by atoms with Crippen LogP contribution in [-0.2, 0) is 11.2 Å². The van der Waals surface area contributed by atoms with Crippen molar-refractivity contribution in [3.63, 3.8) is 0 Å². The lowest BCUT2D eigenvalue weighted by Gasteiger charge is -2.03. The van der Waals surface area contributed by atoms with Crippen molar-refractivity contribution in [1.82, 2.24) is 4.98 Å². The van der Waals surface area contributed by atoms with Crippen LogP contribution in [0.5, 0.6) is 0 Å². The lowest BCUT2D eigenvalue weighted by molar-refractivity contribution is -0.115. The van der Waals surface area contributed by atoms with Gasteiger partial charge in [0.2, 0.25) is 11.8 Å². The Hall–Kier alpha value is -2.95. The molecular formula is C17H13FN2O2. The fraction of sp³-hybridized carbons (Fsp3) is 0.0588. The minimum atomic E-state index is -0.345. The van der Waals surface area contributed by atoms with Crippen molar-refractivity contribution in [2.24, 2.45) is 0 Å². The zero-order valence-corrected chi connectivity index (χ0v) is 11.6.